The van der Waals surface area contributed by atoms with E-state index >= 15 is 0 Å². The number of aryl methyl sites for hydroxylation is 2. The van der Waals surface area contributed by atoms with Gasteiger partial charge in [-0.25, -0.2) is 0 Å². The second-order valence-electron chi connectivity index (χ2n) is 4.40. The van der Waals surface area contributed by atoms with E-state index in [1.54, 1.807) is 18.2 Å². The van der Waals surface area contributed by atoms with Gasteiger partial charge in [0, 0.05) is 16.9 Å². The van der Waals surface area contributed by atoms with E-state index in [-0.39, 0.29) is 5.91 Å². The van der Waals surface area contributed by atoms with Gasteiger partial charge in [-0.3, -0.25) is 4.79 Å². The topological polar surface area (TPSA) is 55.1 Å². The van der Waals surface area contributed by atoms with Gasteiger partial charge in [-0.05, 0) is 55.3 Å². The molecule has 0 aliphatic carbocycles. The van der Waals surface area contributed by atoms with Crippen LogP contribution in [0.3, 0.4) is 0 Å². The highest BCUT2D eigenvalue weighted by molar-refractivity contribution is 6.05. The Morgan fingerprint density at radius 2 is 1.89 bits per heavy atom. The van der Waals surface area contributed by atoms with Gasteiger partial charge in [-0.1, -0.05) is 12.1 Å². The molecule has 1 amide bonds. The van der Waals surface area contributed by atoms with E-state index in [1.165, 1.54) is 0 Å². The molecule has 2 rings (SSSR count). The summed E-state index contributed by atoms with van der Waals surface area (Å²) in [6.07, 6.45) is 0. The van der Waals surface area contributed by atoms with Crippen molar-refractivity contribution in [2.24, 2.45) is 0 Å². The molecule has 0 saturated carbocycles. The predicted octanol–water partition coefficient (Wildman–Crippen LogP) is 3.14. The fraction of sp³-hybridized carbons (Fsp3) is 0.133. The summed E-state index contributed by atoms with van der Waals surface area (Å²) in [5, 5.41) is 2.88. The van der Waals surface area contributed by atoms with Crippen LogP contribution in [-0.4, -0.2) is 5.91 Å². The third-order valence-corrected chi connectivity index (χ3v) is 2.77. The van der Waals surface area contributed by atoms with Crippen LogP contribution < -0.4 is 11.1 Å². The van der Waals surface area contributed by atoms with E-state index in [0.717, 1.165) is 16.8 Å². The SMILES string of the molecule is Cc1cccc(NC(=O)c2ccc(N)cc2C)c1. The molecule has 0 bridgehead atoms. The molecule has 0 aliphatic rings. The van der Waals surface area contributed by atoms with Crippen molar-refractivity contribution in [1.82, 2.24) is 0 Å². The maximum Gasteiger partial charge on any atom is 0.255 e. The van der Waals surface area contributed by atoms with Gasteiger partial charge in [-0.2, -0.15) is 0 Å². The highest BCUT2D eigenvalue weighted by Crippen LogP contribution is 2.16. The number of hydrogen-bond acceptors (Lipinski definition) is 2. The van der Waals surface area contributed by atoms with Crippen LogP contribution in [0.25, 0.3) is 0 Å². The molecule has 0 fully saturated rings. The largest absolute Gasteiger partial charge is 0.399 e. The lowest BCUT2D eigenvalue weighted by molar-refractivity contribution is 0.102. The lowest BCUT2D eigenvalue weighted by Crippen LogP contribution is -2.13. The zero-order valence-electron chi connectivity index (χ0n) is 10.5. The van der Waals surface area contributed by atoms with Crippen LogP contribution in [0.4, 0.5) is 11.4 Å². The number of carbonyl (C=O) groups is 1. The first-order chi connectivity index (χ1) is 8.56. The van der Waals surface area contributed by atoms with Crippen LogP contribution in [0.15, 0.2) is 42.5 Å². The fourth-order valence-corrected chi connectivity index (χ4v) is 1.86. The first-order valence-corrected chi connectivity index (χ1v) is 5.80. The van der Waals surface area contributed by atoms with Crippen LogP contribution in [0.2, 0.25) is 0 Å². The van der Waals surface area contributed by atoms with Crippen LogP contribution >= 0.6 is 0 Å². The van der Waals surface area contributed by atoms with Gasteiger partial charge < -0.3 is 11.1 Å². The number of nitrogens with two attached hydrogens (primary N) is 1. The monoisotopic (exact) mass is 240 g/mol. The molecular formula is C15H16N2O. The number of nitrogens with one attached hydrogen (secondary N) is 1. The zero-order chi connectivity index (χ0) is 13.1. The van der Waals surface area contributed by atoms with Crippen LogP contribution in [-0.2, 0) is 0 Å². The lowest BCUT2D eigenvalue weighted by atomic mass is 10.1. The minimum absolute atomic E-state index is 0.113. The van der Waals surface area contributed by atoms with Crippen molar-refractivity contribution < 1.29 is 4.79 Å². The Bertz CT molecular complexity index is 591. The average molecular weight is 240 g/mol. The molecule has 3 heteroatoms. The smallest absolute Gasteiger partial charge is 0.255 e. The number of benzene rings is 2. The highest BCUT2D eigenvalue weighted by Gasteiger charge is 2.09. The van der Waals surface area contributed by atoms with Gasteiger partial charge in [0.05, 0.1) is 0 Å². The van der Waals surface area contributed by atoms with Crippen molar-refractivity contribution in [3.8, 4) is 0 Å². The van der Waals surface area contributed by atoms with Crippen LogP contribution in [0.1, 0.15) is 21.5 Å². The summed E-state index contributed by atoms with van der Waals surface area (Å²) in [5.74, 6) is -0.113. The molecule has 2 aromatic rings. The summed E-state index contributed by atoms with van der Waals surface area (Å²) in [6.45, 7) is 3.87. The van der Waals surface area contributed by atoms with Crippen molar-refractivity contribution in [3.05, 3.63) is 59.2 Å². The Hall–Kier alpha value is -2.29. The van der Waals surface area contributed by atoms with Crippen LogP contribution in [0.5, 0.6) is 0 Å². The molecule has 0 aliphatic heterocycles. The number of hydrogen-bond donors (Lipinski definition) is 2. The molecule has 18 heavy (non-hydrogen) atoms. The predicted molar refractivity (Wildman–Crippen MR) is 74.7 cm³/mol. The van der Waals surface area contributed by atoms with E-state index in [2.05, 4.69) is 5.32 Å². The number of nitrogen functional groups attached to an aromatic ring is 1. The molecule has 3 nitrogen and oxygen atoms in total. The molecule has 3 N–H and O–H groups in total. The summed E-state index contributed by atoms with van der Waals surface area (Å²) in [5.41, 5.74) is 9.77. The van der Waals surface area contributed by atoms with E-state index < -0.39 is 0 Å². The molecule has 0 spiro atoms. The number of anilines is 2. The van der Waals surface area contributed by atoms with Gasteiger partial charge >= 0.3 is 0 Å². The summed E-state index contributed by atoms with van der Waals surface area (Å²) < 4.78 is 0. The Morgan fingerprint density at radius 3 is 2.56 bits per heavy atom. The van der Waals surface area contributed by atoms with Gasteiger partial charge in [0.2, 0.25) is 0 Å². The summed E-state index contributed by atoms with van der Waals surface area (Å²) >= 11 is 0. The Kier molecular flexibility index (Phi) is 3.33. The molecule has 0 unspecified atom stereocenters. The van der Waals surface area contributed by atoms with Crippen molar-refractivity contribution in [3.63, 3.8) is 0 Å². The van der Waals surface area contributed by atoms with Gasteiger partial charge in [0.1, 0.15) is 0 Å². The highest BCUT2D eigenvalue weighted by atomic mass is 16.1. The van der Waals surface area contributed by atoms with Crippen molar-refractivity contribution in [2.75, 3.05) is 11.1 Å². The maximum atomic E-state index is 12.1. The average Bonchev–Trinajstić information content (AvgIpc) is 2.28. The summed E-state index contributed by atoms with van der Waals surface area (Å²) in [7, 11) is 0. The minimum atomic E-state index is -0.113. The van der Waals surface area contributed by atoms with E-state index in [4.69, 9.17) is 5.73 Å². The van der Waals surface area contributed by atoms with Gasteiger partial charge in [-0.15, -0.1) is 0 Å². The Morgan fingerprint density at radius 1 is 1.11 bits per heavy atom. The Labute approximate surface area is 107 Å². The quantitative estimate of drug-likeness (QED) is 0.792. The number of amides is 1. The van der Waals surface area contributed by atoms with Gasteiger partial charge in [0.25, 0.3) is 5.91 Å². The van der Waals surface area contributed by atoms with Crippen molar-refractivity contribution in [1.29, 1.82) is 0 Å². The van der Waals surface area contributed by atoms with E-state index in [0.29, 0.717) is 11.3 Å². The first-order valence-electron chi connectivity index (χ1n) is 5.80. The fourth-order valence-electron chi connectivity index (χ4n) is 1.86. The lowest BCUT2D eigenvalue weighted by Gasteiger charge is -2.08. The second-order valence-corrected chi connectivity index (χ2v) is 4.40. The number of rotatable bonds is 2. The normalized spacial score (nSPS) is 10.1. The van der Waals surface area contributed by atoms with E-state index in [9.17, 15) is 4.79 Å². The molecule has 2 aromatic carbocycles. The standard InChI is InChI=1S/C15H16N2O/c1-10-4-3-5-13(8-10)17-15(18)14-7-6-12(16)9-11(14)2/h3-9H,16H2,1-2H3,(H,17,18). The van der Waals surface area contributed by atoms with Gasteiger partial charge in [0.15, 0.2) is 0 Å². The number of carbonyl (C=O) groups excluding carboxylic acids is 1. The first kappa shape index (κ1) is 12.2. The zero-order valence-corrected chi connectivity index (χ0v) is 10.5. The van der Waals surface area contributed by atoms with Crippen LogP contribution in [0, 0.1) is 13.8 Å². The summed E-state index contributed by atoms with van der Waals surface area (Å²) in [4.78, 5) is 12.1. The molecular weight excluding hydrogens is 224 g/mol. The molecule has 0 saturated heterocycles. The Balaban J connectivity index is 2.22. The maximum absolute atomic E-state index is 12.1. The van der Waals surface area contributed by atoms with E-state index in [1.807, 2.05) is 38.1 Å². The third-order valence-electron chi connectivity index (χ3n) is 2.77. The molecule has 0 heterocycles. The third kappa shape index (κ3) is 2.69. The molecule has 92 valence electrons. The second kappa shape index (κ2) is 4.92. The van der Waals surface area contributed by atoms with Crippen molar-refractivity contribution >= 4 is 17.3 Å². The molecule has 0 aromatic heterocycles. The molecule has 0 radical (unpaired) electrons. The molecule has 0 atom stereocenters. The van der Waals surface area contributed by atoms with Crippen molar-refractivity contribution in [2.45, 2.75) is 13.8 Å². The minimum Gasteiger partial charge on any atom is -0.399 e. The summed E-state index contributed by atoms with van der Waals surface area (Å²) in [6, 6.07) is 13.0.